The number of amides is 1. The van der Waals surface area contributed by atoms with Gasteiger partial charge in [0, 0.05) is 5.56 Å². The molecule has 0 fully saturated rings. The van der Waals surface area contributed by atoms with E-state index in [9.17, 15) is 14.7 Å². The summed E-state index contributed by atoms with van der Waals surface area (Å²) < 4.78 is 4.49. The molecular formula is C18H28N2O4. The Hall–Kier alpha value is -1.92. The first-order valence-electron chi connectivity index (χ1n) is 8.22. The van der Waals surface area contributed by atoms with Crippen LogP contribution in [0.15, 0.2) is 24.3 Å². The summed E-state index contributed by atoms with van der Waals surface area (Å²) in [5, 5.41) is 12.2. The molecule has 0 aliphatic heterocycles. The number of hydrogen-bond donors (Lipinski definition) is 2. The van der Waals surface area contributed by atoms with Crippen LogP contribution in [0.2, 0.25) is 0 Å². The van der Waals surface area contributed by atoms with Gasteiger partial charge in [0.1, 0.15) is 12.8 Å². The van der Waals surface area contributed by atoms with Crippen molar-refractivity contribution in [2.75, 3.05) is 27.7 Å². The first-order chi connectivity index (χ1) is 11.4. The Morgan fingerprint density at radius 1 is 1.25 bits per heavy atom. The molecule has 1 rings (SSSR count). The van der Waals surface area contributed by atoms with E-state index < -0.39 is 5.97 Å². The fourth-order valence-electron chi connectivity index (χ4n) is 2.29. The largest absolute Gasteiger partial charge is 0.468 e. The van der Waals surface area contributed by atoms with Crippen LogP contribution in [0.25, 0.3) is 0 Å². The lowest BCUT2D eigenvalue weighted by Crippen LogP contribution is -2.30. The number of aliphatic hydroxyl groups is 1. The Morgan fingerprint density at radius 2 is 2.00 bits per heavy atom. The number of unbranched alkanes of at least 4 members (excludes halogenated alkanes) is 2. The van der Waals surface area contributed by atoms with Crippen LogP contribution in [-0.4, -0.2) is 55.9 Å². The van der Waals surface area contributed by atoms with Crippen LogP contribution in [0.5, 0.6) is 0 Å². The number of ether oxygens (including phenoxy) is 1. The van der Waals surface area contributed by atoms with E-state index in [1.807, 2.05) is 32.3 Å². The van der Waals surface area contributed by atoms with E-state index in [-0.39, 0.29) is 18.7 Å². The lowest BCUT2D eigenvalue weighted by molar-refractivity contribution is -0.139. The zero-order chi connectivity index (χ0) is 17.9. The number of carbonyl (C=O) groups is 2. The van der Waals surface area contributed by atoms with Gasteiger partial charge in [-0.05, 0) is 57.5 Å². The van der Waals surface area contributed by atoms with Crippen molar-refractivity contribution in [3.05, 3.63) is 35.4 Å². The molecule has 0 bridgehead atoms. The van der Waals surface area contributed by atoms with E-state index >= 15 is 0 Å². The number of hydrogen-bond acceptors (Lipinski definition) is 5. The summed E-state index contributed by atoms with van der Waals surface area (Å²) in [6.07, 6.45) is 4.28. The molecule has 134 valence electrons. The fourth-order valence-corrected chi connectivity index (χ4v) is 2.29. The molecule has 1 aromatic carbocycles. The number of aryl methyl sites for hydroxylation is 1. The molecule has 0 saturated heterocycles. The molecule has 0 spiro atoms. The average Bonchev–Trinajstić information content (AvgIpc) is 2.58. The van der Waals surface area contributed by atoms with Crippen LogP contribution in [0.1, 0.15) is 41.6 Å². The van der Waals surface area contributed by atoms with Crippen LogP contribution in [0.3, 0.4) is 0 Å². The second kappa shape index (κ2) is 10.8. The monoisotopic (exact) mass is 336 g/mol. The van der Waals surface area contributed by atoms with Crippen LogP contribution in [0, 0.1) is 0 Å². The van der Waals surface area contributed by atoms with Gasteiger partial charge in [-0.1, -0.05) is 18.6 Å². The molecule has 0 heterocycles. The van der Waals surface area contributed by atoms with E-state index in [0.717, 1.165) is 37.7 Å². The van der Waals surface area contributed by atoms with Crippen LogP contribution in [-0.2, 0) is 16.0 Å². The zero-order valence-corrected chi connectivity index (χ0v) is 14.7. The number of methoxy groups -OCH3 is 1. The number of nitrogens with zero attached hydrogens (tertiary/aromatic N) is 1. The van der Waals surface area contributed by atoms with Gasteiger partial charge in [-0.2, -0.15) is 0 Å². The third-order valence-electron chi connectivity index (χ3n) is 3.83. The van der Waals surface area contributed by atoms with Gasteiger partial charge in [0.05, 0.1) is 7.11 Å². The van der Waals surface area contributed by atoms with Crippen molar-refractivity contribution in [2.24, 2.45) is 0 Å². The minimum absolute atomic E-state index is 0.131. The standard InChI is InChI=1S/C18H28N2O4/c1-20(2)16(21)11-6-4-5-8-14-9-7-10-15(12-14)18(23)19-13-17(22)24-3/h7,9-10,12,16,21H,4-6,8,11,13H2,1-3H3,(H,19,23). The van der Waals surface area contributed by atoms with Crippen molar-refractivity contribution in [3.63, 3.8) is 0 Å². The van der Waals surface area contributed by atoms with E-state index in [1.54, 1.807) is 11.0 Å². The molecule has 1 unspecified atom stereocenters. The molecule has 0 saturated carbocycles. The van der Waals surface area contributed by atoms with Gasteiger partial charge < -0.3 is 15.2 Å². The Bertz CT molecular complexity index is 532. The highest BCUT2D eigenvalue weighted by Gasteiger charge is 2.09. The highest BCUT2D eigenvalue weighted by Crippen LogP contribution is 2.12. The molecule has 0 radical (unpaired) electrons. The number of nitrogens with one attached hydrogen (secondary N) is 1. The van der Waals surface area contributed by atoms with E-state index in [2.05, 4.69) is 10.1 Å². The van der Waals surface area contributed by atoms with Gasteiger partial charge in [0.2, 0.25) is 0 Å². The quantitative estimate of drug-likeness (QED) is 0.385. The average molecular weight is 336 g/mol. The molecule has 1 atom stereocenters. The van der Waals surface area contributed by atoms with Crippen molar-refractivity contribution < 1.29 is 19.4 Å². The molecular weight excluding hydrogens is 308 g/mol. The highest BCUT2D eigenvalue weighted by atomic mass is 16.5. The molecule has 6 nitrogen and oxygen atoms in total. The highest BCUT2D eigenvalue weighted by molar-refractivity contribution is 5.96. The zero-order valence-electron chi connectivity index (χ0n) is 14.7. The second-order valence-electron chi connectivity index (χ2n) is 6.00. The van der Waals surface area contributed by atoms with Crippen LogP contribution >= 0.6 is 0 Å². The summed E-state index contributed by atoms with van der Waals surface area (Å²) >= 11 is 0. The Morgan fingerprint density at radius 3 is 2.67 bits per heavy atom. The predicted octanol–water partition coefficient (Wildman–Crippen LogP) is 1.57. The van der Waals surface area contributed by atoms with Gasteiger partial charge in [-0.15, -0.1) is 0 Å². The molecule has 1 aromatic rings. The lowest BCUT2D eigenvalue weighted by Gasteiger charge is -2.17. The fraction of sp³-hybridized carbons (Fsp3) is 0.556. The van der Waals surface area contributed by atoms with Crippen LogP contribution < -0.4 is 5.32 Å². The van der Waals surface area contributed by atoms with Gasteiger partial charge in [0.15, 0.2) is 0 Å². The summed E-state index contributed by atoms with van der Waals surface area (Å²) in [6, 6.07) is 7.41. The molecule has 1 amide bonds. The van der Waals surface area contributed by atoms with Crippen molar-refractivity contribution in [1.82, 2.24) is 10.2 Å². The minimum atomic E-state index is -0.473. The number of aliphatic hydroxyl groups excluding tert-OH is 1. The maximum atomic E-state index is 12.0. The molecule has 24 heavy (non-hydrogen) atoms. The molecule has 0 aliphatic carbocycles. The molecule has 2 N–H and O–H groups in total. The van der Waals surface area contributed by atoms with Gasteiger partial charge in [-0.3, -0.25) is 14.5 Å². The summed E-state index contributed by atoms with van der Waals surface area (Å²) in [5.41, 5.74) is 1.63. The summed E-state index contributed by atoms with van der Waals surface area (Å²) in [6.45, 7) is -0.131. The molecule has 6 heteroatoms. The third-order valence-corrected chi connectivity index (χ3v) is 3.83. The van der Waals surface area contributed by atoms with Crippen molar-refractivity contribution in [3.8, 4) is 0 Å². The lowest BCUT2D eigenvalue weighted by atomic mass is 10.0. The number of esters is 1. The van der Waals surface area contributed by atoms with Crippen molar-refractivity contribution >= 4 is 11.9 Å². The normalized spacial score (nSPS) is 12.0. The summed E-state index contributed by atoms with van der Waals surface area (Å²) in [4.78, 5) is 24.8. The van der Waals surface area contributed by atoms with E-state index in [1.165, 1.54) is 7.11 Å². The van der Waals surface area contributed by atoms with Crippen molar-refractivity contribution in [2.45, 2.75) is 38.3 Å². The smallest absolute Gasteiger partial charge is 0.325 e. The molecule has 0 aromatic heterocycles. The minimum Gasteiger partial charge on any atom is -0.468 e. The number of benzene rings is 1. The van der Waals surface area contributed by atoms with Crippen molar-refractivity contribution in [1.29, 1.82) is 0 Å². The van der Waals surface area contributed by atoms with Gasteiger partial charge >= 0.3 is 5.97 Å². The summed E-state index contributed by atoms with van der Waals surface area (Å²) in [7, 11) is 5.01. The Kier molecular flexibility index (Phi) is 9.04. The number of rotatable bonds is 10. The Balaban J connectivity index is 2.37. The second-order valence-corrected chi connectivity index (χ2v) is 6.00. The third kappa shape index (κ3) is 7.57. The maximum Gasteiger partial charge on any atom is 0.325 e. The van der Waals surface area contributed by atoms with Crippen LogP contribution in [0.4, 0.5) is 0 Å². The van der Waals surface area contributed by atoms with Gasteiger partial charge in [-0.25, -0.2) is 0 Å². The van der Waals surface area contributed by atoms with E-state index in [0.29, 0.717) is 5.56 Å². The summed E-state index contributed by atoms with van der Waals surface area (Å²) in [5.74, 6) is -0.754. The Labute approximate surface area is 143 Å². The number of carbonyl (C=O) groups excluding carboxylic acids is 2. The van der Waals surface area contributed by atoms with Gasteiger partial charge in [0.25, 0.3) is 5.91 Å². The first kappa shape index (κ1) is 20.1. The predicted molar refractivity (Wildman–Crippen MR) is 92.7 cm³/mol. The van der Waals surface area contributed by atoms with E-state index in [4.69, 9.17) is 0 Å². The maximum absolute atomic E-state index is 12.0. The first-order valence-corrected chi connectivity index (χ1v) is 8.22. The topological polar surface area (TPSA) is 78.9 Å². The SMILES string of the molecule is COC(=O)CNC(=O)c1cccc(CCCCCC(O)N(C)C)c1. The molecule has 0 aliphatic rings.